The van der Waals surface area contributed by atoms with E-state index in [9.17, 15) is 4.79 Å². The number of hydrogen-bond donors (Lipinski definition) is 0. The summed E-state index contributed by atoms with van der Waals surface area (Å²) in [4.78, 5) is 16.6. The van der Waals surface area contributed by atoms with Gasteiger partial charge in [-0.15, -0.1) is 5.10 Å². The van der Waals surface area contributed by atoms with Crippen LogP contribution in [0.1, 0.15) is 34.8 Å². The first-order valence-corrected chi connectivity index (χ1v) is 9.20. The number of carbonyl (C=O) groups excluding carboxylic acids is 1. The van der Waals surface area contributed by atoms with Gasteiger partial charge in [0.2, 0.25) is 0 Å². The summed E-state index contributed by atoms with van der Waals surface area (Å²) in [7, 11) is 0. The zero-order valence-electron chi connectivity index (χ0n) is 13.7. The molecule has 1 saturated carbocycles. The number of aromatic nitrogens is 2. The first-order valence-electron chi connectivity index (χ1n) is 8.45. The Morgan fingerprint density at radius 3 is 2.32 bits per heavy atom. The van der Waals surface area contributed by atoms with Crippen LogP contribution < -0.4 is 4.90 Å². The largest absolute Gasteiger partial charge is 0.352 e. The molecule has 1 aromatic heterocycles. The number of nitrogens with zero attached hydrogens (tertiary/aromatic N) is 4. The fourth-order valence-electron chi connectivity index (χ4n) is 3.05. The number of rotatable bonds is 3. The van der Waals surface area contributed by atoms with Gasteiger partial charge in [0, 0.05) is 37.7 Å². The molecule has 130 valence electrons. The van der Waals surface area contributed by atoms with E-state index in [2.05, 4.69) is 21.2 Å². The van der Waals surface area contributed by atoms with E-state index in [1.54, 1.807) is 18.2 Å². The summed E-state index contributed by atoms with van der Waals surface area (Å²) in [6.07, 6.45) is 2.45. The van der Waals surface area contributed by atoms with Crippen LogP contribution in [0.2, 0.25) is 10.0 Å². The maximum atomic E-state index is 12.6. The number of hydrogen-bond acceptors (Lipinski definition) is 4. The van der Waals surface area contributed by atoms with E-state index >= 15 is 0 Å². The standard InChI is InChI=1S/C18H18Cl2N4O/c19-14-4-3-13(11-15(14)20)18(25)24-9-7-23(8-10-24)17-6-5-16(21-22-17)12-1-2-12/h3-6,11-12H,1-2,7-10H2. The molecule has 0 unspecified atom stereocenters. The number of carbonyl (C=O) groups is 1. The second kappa shape index (κ2) is 6.81. The predicted octanol–water partition coefficient (Wildman–Crippen LogP) is 3.62. The van der Waals surface area contributed by atoms with Crippen LogP contribution in [0.5, 0.6) is 0 Å². The molecule has 1 aliphatic heterocycles. The van der Waals surface area contributed by atoms with Gasteiger partial charge in [0.1, 0.15) is 0 Å². The van der Waals surface area contributed by atoms with Crippen molar-refractivity contribution in [2.24, 2.45) is 0 Å². The molecule has 2 heterocycles. The van der Waals surface area contributed by atoms with Crippen molar-refractivity contribution in [1.29, 1.82) is 0 Å². The third kappa shape index (κ3) is 3.58. The smallest absolute Gasteiger partial charge is 0.254 e. The highest BCUT2D eigenvalue weighted by Gasteiger charge is 2.26. The van der Waals surface area contributed by atoms with E-state index in [1.807, 2.05) is 11.0 Å². The Morgan fingerprint density at radius 1 is 0.960 bits per heavy atom. The van der Waals surface area contributed by atoms with E-state index < -0.39 is 0 Å². The minimum absolute atomic E-state index is 0.0200. The molecule has 0 spiro atoms. The highest BCUT2D eigenvalue weighted by molar-refractivity contribution is 6.42. The van der Waals surface area contributed by atoms with E-state index in [0.717, 1.165) is 24.6 Å². The molecule has 1 saturated heterocycles. The number of anilines is 1. The van der Waals surface area contributed by atoms with Gasteiger partial charge in [-0.05, 0) is 43.2 Å². The second-order valence-electron chi connectivity index (χ2n) is 6.50. The van der Waals surface area contributed by atoms with E-state index in [0.29, 0.717) is 34.6 Å². The molecule has 0 radical (unpaired) electrons. The number of benzene rings is 1. The maximum absolute atomic E-state index is 12.6. The fraction of sp³-hybridized carbons (Fsp3) is 0.389. The predicted molar refractivity (Wildman–Crippen MR) is 98.6 cm³/mol. The van der Waals surface area contributed by atoms with Crippen molar-refractivity contribution in [3.63, 3.8) is 0 Å². The molecule has 1 amide bonds. The lowest BCUT2D eigenvalue weighted by atomic mass is 10.2. The van der Waals surface area contributed by atoms with Gasteiger partial charge in [-0.25, -0.2) is 0 Å². The lowest BCUT2D eigenvalue weighted by Crippen LogP contribution is -2.49. The third-order valence-electron chi connectivity index (χ3n) is 4.72. The highest BCUT2D eigenvalue weighted by atomic mass is 35.5. The Labute approximate surface area is 156 Å². The van der Waals surface area contributed by atoms with Crippen LogP contribution in [-0.2, 0) is 0 Å². The van der Waals surface area contributed by atoms with Gasteiger partial charge in [0.05, 0.1) is 15.7 Å². The summed E-state index contributed by atoms with van der Waals surface area (Å²) in [5.41, 5.74) is 1.66. The Morgan fingerprint density at radius 2 is 1.72 bits per heavy atom. The number of amides is 1. The van der Waals surface area contributed by atoms with Crippen LogP contribution in [0.25, 0.3) is 0 Å². The molecular formula is C18H18Cl2N4O. The minimum Gasteiger partial charge on any atom is -0.352 e. The number of piperazine rings is 1. The molecule has 0 N–H and O–H groups in total. The normalized spacial score (nSPS) is 17.7. The summed E-state index contributed by atoms with van der Waals surface area (Å²) in [5, 5.41) is 9.54. The van der Waals surface area contributed by atoms with E-state index in [-0.39, 0.29) is 5.91 Å². The molecule has 2 aromatic rings. The summed E-state index contributed by atoms with van der Waals surface area (Å²) >= 11 is 11.9. The fourth-order valence-corrected chi connectivity index (χ4v) is 3.35. The van der Waals surface area contributed by atoms with Crippen LogP contribution in [-0.4, -0.2) is 47.2 Å². The van der Waals surface area contributed by atoms with Crippen molar-refractivity contribution in [2.75, 3.05) is 31.1 Å². The van der Waals surface area contributed by atoms with Crippen molar-refractivity contribution in [2.45, 2.75) is 18.8 Å². The van der Waals surface area contributed by atoms with Gasteiger partial charge in [0.25, 0.3) is 5.91 Å². The molecule has 25 heavy (non-hydrogen) atoms. The van der Waals surface area contributed by atoms with Crippen molar-refractivity contribution >= 4 is 34.9 Å². The van der Waals surface area contributed by atoms with E-state index in [1.165, 1.54) is 12.8 Å². The first-order chi connectivity index (χ1) is 12.1. The molecule has 2 aliphatic rings. The molecule has 2 fully saturated rings. The monoisotopic (exact) mass is 376 g/mol. The molecule has 1 aliphatic carbocycles. The van der Waals surface area contributed by atoms with Crippen LogP contribution in [0.3, 0.4) is 0 Å². The van der Waals surface area contributed by atoms with Gasteiger partial charge in [0.15, 0.2) is 5.82 Å². The average molecular weight is 377 g/mol. The van der Waals surface area contributed by atoms with Crippen molar-refractivity contribution < 1.29 is 4.79 Å². The van der Waals surface area contributed by atoms with Crippen molar-refractivity contribution in [1.82, 2.24) is 15.1 Å². The molecule has 7 heteroatoms. The molecule has 4 rings (SSSR count). The molecular weight excluding hydrogens is 359 g/mol. The van der Waals surface area contributed by atoms with E-state index in [4.69, 9.17) is 23.2 Å². The Kier molecular flexibility index (Phi) is 4.52. The summed E-state index contributed by atoms with van der Waals surface area (Å²) in [6, 6.07) is 9.11. The zero-order chi connectivity index (χ0) is 17.4. The third-order valence-corrected chi connectivity index (χ3v) is 5.46. The minimum atomic E-state index is -0.0200. The summed E-state index contributed by atoms with van der Waals surface area (Å²) in [5.74, 6) is 1.47. The van der Waals surface area contributed by atoms with Crippen LogP contribution >= 0.6 is 23.2 Å². The second-order valence-corrected chi connectivity index (χ2v) is 7.31. The van der Waals surface area contributed by atoms with Gasteiger partial charge in [-0.2, -0.15) is 5.10 Å². The quantitative estimate of drug-likeness (QED) is 0.820. The summed E-state index contributed by atoms with van der Waals surface area (Å²) < 4.78 is 0. The molecule has 0 atom stereocenters. The number of halogens is 2. The van der Waals surface area contributed by atoms with Gasteiger partial charge in [-0.1, -0.05) is 23.2 Å². The van der Waals surface area contributed by atoms with Gasteiger partial charge in [-0.3, -0.25) is 4.79 Å². The Hall–Kier alpha value is -1.85. The summed E-state index contributed by atoms with van der Waals surface area (Å²) in [6.45, 7) is 2.77. The van der Waals surface area contributed by atoms with Gasteiger partial charge >= 0.3 is 0 Å². The Balaban J connectivity index is 1.38. The van der Waals surface area contributed by atoms with Gasteiger partial charge < -0.3 is 9.80 Å². The highest BCUT2D eigenvalue weighted by Crippen LogP contribution is 2.38. The molecule has 5 nitrogen and oxygen atoms in total. The lowest BCUT2D eigenvalue weighted by molar-refractivity contribution is 0.0746. The van der Waals surface area contributed by atoms with Crippen LogP contribution in [0.15, 0.2) is 30.3 Å². The zero-order valence-corrected chi connectivity index (χ0v) is 15.2. The van der Waals surface area contributed by atoms with Crippen molar-refractivity contribution in [3.05, 3.63) is 51.6 Å². The topological polar surface area (TPSA) is 49.3 Å². The average Bonchev–Trinajstić information content (AvgIpc) is 3.49. The lowest BCUT2D eigenvalue weighted by Gasteiger charge is -2.35. The maximum Gasteiger partial charge on any atom is 0.254 e. The van der Waals surface area contributed by atoms with Crippen LogP contribution in [0.4, 0.5) is 5.82 Å². The van der Waals surface area contributed by atoms with Crippen LogP contribution in [0, 0.1) is 0 Å². The molecule has 0 bridgehead atoms. The molecule has 1 aromatic carbocycles. The van der Waals surface area contributed by atoms with Crippen molar-refractivity contribution in [3.8, 4) is 0 Å². The Bertz CT molecular complexity index is 784. The first kappa shape index (κ1) is 16.6. The SMILES string of the molecule is O=C(c1ccc(Cl)c(Cl)c1)N1CCN(c2ccc(C3CC3)nn2)CC1.